The molecular weight excluding hydrogens is 256 g/mol. The lowest BCUT2D eigenvalue weighted by molar-refractivity contribution is 0.573. The number of nitrogens with zero attached hydrogens (tertiary/aromatic N) is 1. The minimum atomic E-state index is 0.461. The van der Waals surface area contributed by atoms with Gasteiger partial charge in [0.15, 0.2) is 0 Å². The van der Waals surface area contributed by atoms with Crippen LogP contribution in [0.5, 0.6) is 0 Å². The van der Waals surface area contributed by atoms with E-state index in [4.69, 9.17) is 11.6 Å². The largest absolute Gasteiger partial charge is 0.371 e. The first-order chi connectivity index (χ1) is 9.01. The molecule has 1 N–H and O–H groups in total. The molecule has 0 aliphatic rings. The zero-order chi connectivity index (χ0) is 14.4. The Hall–Kier alpha value is -0.730. The number of hydrogen-bond donors (Lipinski definition) is 1. The third kappa shape index (κ3) is 4.39. The molecule has 0 fully saturated rings. The van der Waals surface area contributed by atoms with E-state index in [2.05, 4.69) is 51.0 Å². The van der Waals surface area contributed by atoms with Crippen molar-refractivity contribution < 1.29 is 0 Å². The number of rotatable bonds is 7. The molecule has 19 heavy (non-hydrogen) atoms. The number of nitrogens with one attached hydrogen (secondary N) is 1. The molecule has 0 spiro atoms. The summed E-state index contributed by atoms with van der Waals surface area (Å²) < 4.78 is 0. The molecule has 0 atom stereocenters. The summed E-state index contributed by atoms with van der Waals surface area (Å²) in [5.41, 5.74) is 2.45. The van der Waals surface area contributed by atoms with Gasteiger partial charge in [-0.3, -0.25) is 0 Å². The average molecular weight is 283 g/mol. The van der Waals surface area contributed by atoms with Gasteiger partial charge in [-0.15, -0.1) is 0 Å². The van der Waals surface area contributed by atoms with Gasteiger partial charge in [-0.2, -0.15) is 0 Å². The topological polar surface area (TPSA) is 15.3 Å². The maximum Gasteiger partial charge on any atom is 0.0471 e. The van der Waals surface area contributed by atoms with Crippen molar-refractivity contribution in [2.75, 3.05) is 11.9 Å². The van der Waals surface area contributed by atoms with E-state index in [-0.39, 0.29) is 0 Å². The summed E-state index contributed by atoms with van der Waals surface area (Å²) in [7, 11) is 2.17. The summed E-state index contributed by atoms with van der Waals surface area (Å²) in [6.45, 7) is 9.60. The molecule has 1 aromatic rings. The molecule has 0 saturated heterocycles. The maximum absolute atomic E-state index is 6.38. The molecule has 3 heteroatoms. The van der Waals surface area contributed by atoms with Crippen LogP contribution in [-0.2, 0) is 6.54 Å². The Balaban J connectivity index is 3.01. The Bertz CT molecular complexity index is 386. The molecule has 0 unspecified atom stereocenters. The van der Waals surface area contributed by atoms with Crippen molar-refractivity contribution >= 4 is 17.3 Å². The van der Waals surface area contributed by atoms with Crippen LogP contribution in [0.1, 0.15) is 46.1 Å². The first-order valence-electron chi connectivity index (χ1n) is 7.24. The molecule has 0 aliphatic carbocycles. The van der Waals surface area contributed by atoms with Crippen LogP contribution in [0.15, 0.2) is 18.2 Å². The SMILES string of the molecule is CCC(CC)N(C)c1cccc(Cl)c1CNC(C)C. The van der Waals surface area contributed by atoms with Crippen LogP contribution < -0.4 is 10.2 Å². The first-order valence-corrected chi connectivity index (χ1v) is 7.62. The van der Waals surface area contributed by atoms with Gasteiger partial charge in [0, 0.05) is 41.9 Å². The first kappa shape index (κ1) is 16.3. The molecule has 0 bridgehead atoms. The van der Waals surface area contributed by atoms with Crippen molar-refractivity contribution in [3.8, 4) is 0 Å². The van der Waals surface area contributed by atoms with Gasteiger partial charge < -0.3 is 10.2 Å². The van der Waals surface area contributed by atoms with Crippen molar-refractivity contribution in [2.45, 2.75) is 59.2 Å². The average Bonchev–Trinajstić information content (AvgIpc) is 2.38. The minimum absolute atomic E-state index is 0.461. The standard InChI is InChI=1S/C16H27ClN2/c1-6-13(7-2)19(5)16-10-8-9-15(17)14(16)11-18-12(3)4/h8-10,12-13,18H,6-7,11H2,1-5H3. The predicted molar refractivity (Wildman–Crippen MR) is 86.2 cm³/mol. The Labute approximate surface area is 123 Å². The highest BCUT2D eigenvalue weighted by molar-refractivity contribution is 6.31. The number of hydrogen-bond acceptors (Lipinski definition) is 2. The molecule has 1 aromatic carbocycles. The number of anilines is 1. The van der Waals surface area contributed by atoms with Gasteiger partial charge in [-0.1, -0.05) is 45.4 Å². The lowest BCUT2D eigenvalue weighted by atomic mass is 10.1. The van der Waals surface area contributed by atoms with Crippen LogP contribution in [0, 0.1) is 0 Å². The van der Waals surface area contributed by atoms with E-state index in [1.807, 2.05) is 12.1 Å². The van der Waals surface area contributed by atoms with Crippen LogP contribution in [0.25, 0.3) is 0 Å². The molecule has 0 heterocycles. The molecule has 1 rings (SSSR count). The highest BCUT2D eigenvalue weighted by Crippen LogP contribution is 2.29. The molecule has 0 aromatic heterocycles. The maximum atomic E-state index is 6.38. The number of benzene rings is 1. The van der Waals surface area contributed by atoms with Crippen molar-refractivity contribution in [1.82, 2.24) is 5.32 Å². The van der Waals surface area contributed by atoms with Gasteiger partial charge in [0.25, 0.3) is 0 Å². The third-order valence-electron chi connectivity index (χ3n) is 3.65. The highest BCUT2D eigenvalue weighted by atomic mass is 35.5. The predicted octanol–water partition coefficient (Wildman–Crippen LogP) is 4.46. The van der Waals surface area contributed by atoms with Crippen LogP contribution in [0.4, 0.5) is 5.69 Å². The van der Waals surface area contributed by atoms with Crippen LogP contribution in [-0.4, -0.2) is 19.1 Å². The second kappa shape index (κ2) is 7.76. The Kier molecular flexibility index (Phi) is 6.67. The summed E-state index contributed by atoms with van der Waals surface area (Å²) in [5.74, 6) is 0. The van der Waals surface area contributed by atoms with E-state index in [9.17, 15) is 0 Å². The molecule has 0 saturated carbocycles. The zero-order valence-electron chi connectivity index (χ0n) is 12.8. The van der Waals surface area contributed by atoms with Crippen LogP contribution in [0.2, 0.25) is 5.02 Å². The highest BCUT2D eigenvalue weighted by Gasteiger charge is 2.16. The van der Waals surface area contributed by atoms with E-state index in [1.54, 1.807) is 0 Å². The summed E-state index contributed by atoms with van der Waals surface area (Å²) in [4.78, 5) is 2.36. The molecular formula is C16H27ClN2. The third-order valence-corrected chi connectivity index (χ3v) is 4.01. The lowest BCUT2D eigenvalue weighted by Crippen LogP contribution is -2.32. The summed E-state index contributed by atoms with van der Waals surface area (Å²) in [5, 5.41) is 4.31. The second-order valence-electron chi connectivity index (χ2n) is 5.35. The fraction of sp³-hybridized carbons (Fsp3) is 0.625. The van der Waals surface area contributed by atoms with E-state index < -0.39 is 0 Å². The van der Waals surface area contributed by atoms with Gasteiger partial charge in [-0.25, -0.2) is 0 Å². The van der Waals surface area contributed by atoms with Gasteiger partial charge in [0.05, 0.1) is 0 Å². The van der Waals surface area contributed by atoms with E-state index in [0.717, 1.165) is 24.4 Å². The van der Waals surface area contributed by atoms with Crippen molar-refractivity contribution in [2.24, 2.45) is 0 Å². The van der Waals surface area contributed by atoms with Gasteiger partial charge in [0.2, 0.25) is 0 Å². The smallest absolute Gasteiger partial charge is 0.0471 e. The van der Waals surface area contributed by atoms with E-state index >= 15 is 0 Å². The van der Waals surface area contributed by atoms with Gasteiger partial charge in [0.1, 0.15) is 0 Å². The quantitative estimate of drug-likeness (QED) is 0.794. The monoisotopic (exact) mass is 282 g/mol. The summed E-state index contributed by atoms with van der Waals surface area (Å²) >= 11 is 6.38. The van der Waals surface area contributed by atoms with Crippen molar-refractivity contribution in [3.63, 3.8) is 0 Å². The molecule has 0 amide bonds. The Morgan fingerprint density at radius 2 is 1.84 bits per heavy atom. The second-order valence-corrected chi connectivity index (χ2v) is 5.76. The van der Waals surface area contributed by atoms with Gasteiger partial charge in [-0.05, 0) is 25.0 Å². The molecule has 108 valence electrons. The van der Waals surface area contributed by atoms with E-state index in [1.165, 1.54) is 11.3 Å². The fourth-order valence-electron chi connectivity index (χ4n) is 2.39. The Morgan fingerprint density at radius 3 is 2.37 bits per heavy atom. The lowest BCUT2D eigenvalue weighted by Gasteiger charge is -2.31. The summed E-state index contributed by atoms with van der Waals surface area (Å²) in [6, 6.07) is 7.21. The molecule has 2 nitrogen and oxygen atoms in total. The van der Waals surface area contributed by atoms with E-state index in [0.29, 0.717) is 12.1 Å². The Morgan fingerprint density at radius 1 is 1.21 bits per heavy atom. The van der Waals surface area contributed by atoms with Crippen LogP contribution in [0.3, 0.4) is 0 Å². The molecule has 0 aliphatic heterocycles. The van der Waals surface area contributed by atoms with Crippen molar-refractivity contribution in [3.05, 3.63) is 28.8 Å². The van der Waals surface area contributed by atoms with Gasteiger partial charge >= 0.3 is 0 Å². The number of halogens is 1. The fourth-order valence-corrected chi connectivity index (χ4v) is 2.63. The summed E-state index contributed by atoms with van der Waals surface area (Å²) in [6.07, 6.45) is 2.30. The van der Waals surface area contributed by atoms with Crippen molar-refractivity contribution in [1.29, 1.82) is 0 Å². The normalized spacial score (nSPS) is 11.4. The molecule has 0 radical (unpaired) electrons. The minimum Gasteiger partial charge on any atom is -0.371 e. The van der Waals surface area contributed by atoms with Crippen LogP contribution >= 0.6 is 11.6 Å². The zero-order valence-corrected chi connectivity index (χ0v) is 13.6.